The van der Waals surface area contributed by atoms with Crippen LogP contribution in [0, 0.1) is 3.57 Å². The van der Waals surface area contributed by atoms with Gasteiger partial charge in [0.15, 0.2) is 0 Å². The average Bonchev–Trinajstić information content (AvgIpc) is 2.48. The number of hydrogen-bond acceptors (Lipinski definition) is 3. The Bertz CT molecular complexity index is 847. The predicted octanol–water partition coefficient (Wildman–Crippen LogP) is 3.10. The van der Waals surface area contributed by atoms with Gasteiger partial charge in [0.2, 0.25) is 0 Å². The molecule has 2 heterocycles. The Balaban J connectivity index is 2.01. The van der Waals surface area contributed by atoms with E-state index in [0.717, 1.165) is 16.6 Å². The fourth-order valence-electron chi connectivity index (χ4n) is 1.93. The lowest BCUT2D eigenvalue weighted by atomic mass is 10.2. The summed E-state index contributed by atoms with van der Waals surface area (Å²) in [7, 11) is 0. The van der Waals surface area contributed by atoms with E-state index in [4.69, 9.17) is 11.6 Å². The van der Waals surface area contributed by atoms with Crippen LogP contribution in [0.2, 0.25) is 5.15 Å². The second-order valence-electron chi connectivity index (χ2n) is 4.28. The number of para-hydroxylation sites is 1. The van der Waals surface area contributed by atoms with Crippen LogP contribution in [0.3, 0.4) is 0 Å². The van der Waals surface area contributed by atoms with Crippen molar-refractivity contribution < 1.29 is 0 Å². The molecule has 4 nitrogen and oxygen atoms in total. The van der Waals surface area contributed by atoms with Crippen molar-refractivity contribution in [3.05, 3.63) is 67.5 Å². The zero-order chi connectivity index (χ0) is 14.1. The van der Waals surface area contributed by atoms with Crippen LogP contribution >= 0.6 is 34.2 Å². The van der Waals surface area contributed by atoms with Gasteiger partial charge in [0.05, 0.1) is 24.1 Å². The van der Waals surface area contributed by atoms with E-state index >= 15 is 0 Å². The van der Waals surface area contributed by atoms with Gasteiger partial charge in [-0.2, -0.15) is 0 Å². The number of fused-ring (bicyclic) bond motifs is 1. The van der Waals surface area contributed by atoms with E-state index in [2.05, 4.69) is 9.97 Å². The molecule has 0 amide bonds. The average molecular weight is 398 g/mol. The summed E-state index contributed by atoms with van der Waals surface area (Å²) in [4.78, 5) is 20.6. The maximum Gasteiger partial charge on any atom is 0.268 e. The van der Waals surface area contributed by atoms with Gasteiger partial charge in [-0.25, -0.2) is 4.98 Å². The number of pyridine rings is 1. The van der Waals surface area contributed by atoms with Crippen LogP contribution in [0.15, 0.2) is 47.5 Å². The van der Waals surface area contributed by atoms with E-state index in [9.17, 15) is 4.79 Å². The van der Waals surface area contributed by atoms with Gasteiger partial charge in [-0.05, 0) is 34.7 Å². The zero-order valence-corrected chi connectivity index (χ0v) is 13.2. The summed E-state index contributed by atoms with van der Waals surface area (Å²) >= 11 is 7.72. The molecule has 0 unspecified atom stereocenters. The molecule has 0 aliphatic rings. The number of benzene rings is 1. The smallest absolute Gasteiger partial charge is 0.268 e. The maximum absolute atomic E-state index is 12.1. The molecule has 0 fully saturated rings. The largest absolute Gasteiger partial charge is 0.292 e. The molecule has 3 rings (SSSR count). The minimum absolute atomic E-state index is 0.152. The highest BCUT2D eigenvalue weighted by atomic mass is 127. The van der Waals surface area contributed by atoms with E-state index in [-0.39, 0.29) is 10.7 Å². The molecule has 100 valence electrons. The van der Waals surface area contributed by atoms with Crippen molar-refractivity contribution >= 4 is 45.1 Å². The van der Waals surface area contributed by atoms with Gasteiger partial charge in [0.25, 0.3) is 5.56 Å². The molecule has 0 spiro atoms. The normalized spacial score (nSPS) is 10.9. The first-order valence-electron chi connectivity index (χ1n) is 5.90. The summed E-state index contributed by atoms with van der Waals surface area (Å²) in [6.07, 6.45) is 1.45. The minimum Gasteiger partial charge on any atom is -0.292 e. The first kappa shape index (κ1) is 13.5. The van der Waals surface area contributed by atoms with Gasteiger partial charge in [-0.1, -0.05) is 35.9 Å². The SMILES string of the molecule is O=c1c(I)c(Cl)ncn1Cc1ccc2ccccc2n1. The molecule has 0 N–H and O–H groups in total. The molecular formula is C14H9ClIN3O. The van der Waals surface area contributed by atoms with Crippen molar-refractivity contribution in [2.45, 2.75) is 6.54 Å². The van der Waals surface area contributed by atoms with Crippen molar-refractivity contribution in [3.63, 3.8) is 0 Å². The van der Waals surface area contributed by atoms with Gasteiger partial charge in [0.1, 0.15) is 8.72 Å². The monoisotopic (exact) mass is 397 g/mol. The van der Waals surface area contributed by atoms with Crippen LogP contribution in [0.1, 0.15) is 5.69 Å². The molecule has 3 aromatic rings. The maximum atomic E-state index is 12.1. The summed E-state index contributed by atoms with van der Waals surface area (Å²) in [5.74, 6) is 0. The van der Waals surface area contributed by atoms with E-state index in [1.165, 1.54) is 10.9 Å². The Morgan fingerprint density at radius 2 is 2.00 bits per heavy atom. The van der Waals surface area contributed by atoms with Crippen LogP contribution in [0.4, 0.5) is 0 Å². The fraction of sp³-hybridized carbons (Fsp3) is 0.0714. The third-order valence-corrected chi connectivity index (χ3v) is 4.51. The molecule has 20 heavy (non-hydrogen) atoms. The van der Waals surface area contributed by atoms with Crippen molar-refractivity contribution in [1.29, 1.82) is 0 Å². The van der Waals surface area contributed by atoms with Crippen LogP contribution in [-0.2, 0) is 6.54 Å². The van der Waals surface area contributed by atoms with Crippen LogP contribution < -0.4 is 5.56 Å². The van der Waals surface area contributed by atoms with Gasteiger partial charge < -0.3 is 0 Å². The quantitative estimate of drug-likeness (QED) is 0.493. The predicted molar refractivity (Wildman–Crippen MR) is 87.1 cm³/mol. The number of hydrogen-bond donors (Lipinski definition) is 0. The lowest BCUT2D eigenvalue weighted by Gasteiger charge is -2.07. The Morgan fingerprint density at radius 1 is 1.20 bits per heavy atom. The third-order valence-electron chi connectivity index (χ3n) is 2.93. The third kappa shape index (κ3) is 2.55. The molecule has 0 saturated carbocycles. The van der Waals surface area contributed by atoms with Gasteiger partial charge >= 0.3 is 0 Å². The standard InChI is InChI=1S/C14H9ClIN3O/c15-13-12(16)14(20)19(8-17-13)7-10-6-5-9-3-1-2-4-11(9)18-10/h1-6,8H,7H2. The van der Waals surface area contributed by atoms with Crippen molar-refractivity contribution in [3.8, 4) is 0 Å². The molecule has 6 heteroatoms. The second-order valence-corrected chi connectivity index (χ2v) is 5.71. The van der Waals surface area contributed by atoms with E-state index < -0.39 is 0 Å². The highest BCUT2D eigenvalue weighted by molar-refractivity contribution is 14.1. The van der Waals surface area contributed by atoms with E-state index in [1.807, 2.05) is 59.0 Å². The lowest BCUT2D eigenvalue weighted by molar-refractivity contribution is 0.716. The van der Waals surface area contributed by atoms with E-state index in [1.54, 1.807) is 0 Å². The topological polar surface area (TPSA) is 47.8 Å². The van der Waals surface area contributed by atoms with Crippen LogP contribution in [0.5, 0.6) is 0 Å². The fourth-order valence-corrected chi connectivity index (χ4v) is 2.50. The number of halogens is 2. The van der Waals surface area contributed by atoms with Crippen molar-refractivity contribution in [2.75, 3.05) is 0 Å². The lowest BCUT2D eigenvalue weighted by Crippen LogP contribution is -2.24. The molecule has 0 saturated heterocycles. The Kier molecular flexibility index (Phi) is 3.71. The van der Waals surface area contributed by atoms with Crippen molar-refractivity contribution in [1.82, 2.24) is 14.5 Å². The summed E-state index contributed by atoms with van der Waals surface area (Å²) in [5.41, 5.74) is 1.57. The number of aromatic nitrogens is 3. The Morgan fingerprint density at radius 3 is 2.85 bits per heavy atom. The molecule has 1 aromatic carbocycles. The summed E-state index contributed by atoms with van der Waals surface area (Å²) in [6, 6.07) is 11.8. The van der Waals surface area contributed by atoms with Gasteiger partial charge in [-0.15, -0.1) is 0 Å². The molecule has 0 radical (unpaired) electrons. The number of nitrogens with zero attached hydrogens (tertiary/aromatic N) is 3. The zero-order valence-electron chi connectivity index (χ0n) is 10.3. The highest BCUT2D eigenvalue weighted by Crippen LogP contribution is 2.13. The molecular weight excluding hydrogens is 389 g/mol. The number of rotatable bonds is 2. The van der Waals surface area contributed by atoms with E-state index in [0.29, 0.717) is 10.1 Å². The molecule has 0 bridgehead atoms. The molecule has 0 aliphatic carbocycles. The Labute approximate surface area is 133 Å². The van der Waals surface area contributed by atoms with Crippen LogP contribution in [-0.4, -0.2) is 14.5 Å². The molecule has 0 aliphatic heterocycles. The first-order valence-corrected chi connectivity index (χ1v) is 7.36. The summed E-state index contributed by atoms with van der Waals surface area (Å²) in [5, 5.41) is 1.31. The second kappa shape index (κ2) is 5.49. The van der Waals surface area contributed by atoms with Gasteiger partial charge in [-0.3, -0.25) is 14.3 Å². The molecule has 2 aromatic heterocycles. The van der Waals surface area contributed by atoms with Gasteiger partial charge in [0, 0.05) is 5.39 Å². The minimum atomic E-state index is -0.152. The summed E-state index contributed by atoms with van der Waals surface area (Å²) in [6.45, 7) is 0.379. The summed E-state index contributed by atoms with van der Waals surface area (Å²) < 4.78 is 1.93. The van der Waals surface area contributed by atoms with Crippen molar-refractivity contribution in [2.24, 2.45) is 0 Å². The van der Waals surface area contributed by atoms with Crippen LogP contribution in [0.25, 0.3) is 10.9 Å². The molecule has 0 atom stereocenters. The Hall–Kier alpha value is -1.47. The first-order chi connectivity index (χ1) is 9.65. The highest BCUT2D eigenvalue weighted by Gasteiger charge is 2.08.